The molecule has 1 aromatic carbocycles. The predicted molar refractivity (Wildman–Crippen MR) is 77.7 cm³/mol. The summed E-state index contributed by atoms with van der Waals surface area (Å²) in [4.78, 5) is 12.3. The van der Waals surface area contributed by atoms with Crippen LogP contribution in [0.15, 0.2) is 36.8 Å². The molecule has 108 valence electrons. The molecule has 0 aliphatic carbocycles. The molecule has 0 radical (unpaired) electrons. The average Bonchev–Trinajstić information content (AvgIpc) is 3.08. The minimum absolute atomic E-state index is 0.246. The maximum absolute atomic E-state index is 12.3. The standard InChI is InChI=1S/C14H15N5O2/c1-19-8-10(7-16-19)13(21-2)14(20)17-11-4-3-9-6-15-18-12(9)5-11/h3-8,13H,1-2H3,(H,15,18)(H,17,20). The van der Waals surface area contributed by atoms with Gasteiger partial charge in [0.05, 0.1) is 17.9 Å². The summed E-state index contributed by atoms with van der Waals surface area (Å²) in [6, 6.07) is 5.54. The van der Waals surface area contributed by atoms with Gasteiger partial charge in [-0.2, -0.15) is 10.2 Å². The molecule has 1 unspecified atom stereocenters. The highest BCUT2D eigenvalue weighted by Crippen LogP contribution is 2.21. The second-order valence-electron chi connectivity index (χ2n) is 4.72. The van der Waals surface area contributed by atoms with Gasteiger partial charge >= 0.3 is 0 Å². The van der Waals surface area contributed by atoms with Gasteiger partial charge in [-0.1, -0.05) is 0 Å². The summed E-state index contributed by atoms with van der Waals surface area (Å²) in [5.41, 5.74) is 2.26. The number of ether oxygens (including phenoxy) is 1. The van der Waals surface area contributed by atoms with Gasteiger partial charge in [-0.3, -0.25) is 14.6 Å². The van der Waals surface area contributed by atoms with Crippen LogP contribution in [0, 0.1) is 0 Å². The Kier molecular flexibility index (Phi) is 3.41. The van der Waals surface area contributed by atoms with Crippen molar-refractivity contribution in [3.8, 4) is 0 Å². The Bertz CT molecular complexity index is 776. The summed E-state index contributed by atoms with van der Waals surface area (Å²) in [5, 5.41) is 14.7. The summed E-state index contributed by atoms with van der Waals surface area (Å²) >= 11 is 0. The molecule has 1 atom stereocenters. The van der Waals surface area contributed by atoms with Crippen LogP contribution in [0.4, 0.5) is 5.69 Å². The molecule has 3 aromatic rings. The maximum Gasteiger partial charge on any atom is 0.258 e. The molecule has 21 heavy (non-hydrogen) atoms. The molecule has 0 aliphatic heterocycles. The van der Waals surface area contributed by atoms with Crippen LogP contribution in [-0.4, -0.2) is 33.0 Å². The first-order valence-electron chi connectivity index (χ1n) is 6.42. The van der Waals surface area contributed by atoms with Crippen LogP contribution in [0.25, 0.3) is 10.9 Å². The number of fused-ring (bicyclic) bond motifs is 1. The Morgan fingerprint density at radius 2 is 2.29 bits per heavy atom. The lowest BCUT2D eigenvalue weighted by molar-refractivity contribution is -0.126. The van der Waals surface area contributed by atoms with E-state index in [0.29, 0.717) is 11.3 Å². The SMILES string of the molecule is COC(C(=O)Nc1ccc2cn[nH]c2c1)c1cnn(C)c1. The van der Waals surface area contributed by atoms with Crippen LogP contribution < -0.4 is 5.32 Å². The molecule has 0 saturated carbocycles. The Morgan fingerprint density at radius 3 is 3.00 bits per heavy atom. The minimum Gasteiger partial charge on any atom is -0.367 e. The van der Waals surface area contributed by atoms with Gasteiger partial charge < -0.3 is 10.1 Å². The number of carbonyl (C=O) groups excluding carboxylic acids is 1. The van der Waals surface area contributed by atoms with Gasteiger partial charge in [0.1, 0.15) is 0 Å². The van der Waals surface area contributed by atoms with Gasteiger partial charge in [-0.15, -0.1) is 0 Å². The average molecular weight is 285 g/mol. The number of benzene rings is 1. The second kappa shape index (κ2) is 5.37. The van der Waals surface area contributed by atoms with Crippen molar-refractivity contribution in [2.24, 2.45) is 7.05 Å². The minimum atomic E-state index is -0.698. The van der Waals surface area contributed by atoms with Crippen molar-refractivity contribution in [2.75, 3.05) is 12.4 Å². The molecule has 2 N–H and O–H groups in total. The van der Waals surface area contributed by atoms with Crippen molar-refractivity contribution in [2.45, 2.75) is 6.10 Å². The number of amides is 1. The molecular weight excluding hydrogens is 270 g/mol. The Hall–Kier alpha value is -2.67. The molecule has 2 aromatic heterocycles. The number of carbonyl (C=O) groups is 1. The monoisotopic (exact) mass is 285 g/mol. The van der Waals surface area contributed by atoms with E-state index < -0.39 is 6.10 Å². The quantitative estimate of drug-likeness (QED) is 0.763. The lowest BCUT2D eigenvalue weighted by atomic mass is 10.2. The first-order chi connectivity index (χ1) is 10.2. The fourth-order valence-corrected chi connectivity index (χ4v) is 2.19. The number of aromatic amines is 1. The summed E-state index contributed by atoms with van der Waals surface area (Å²) in [6.07, 6.45) is 4.41. The number of H-pyrrole nitrogens is 1. The predicted octanol–water partition coefficient (Wildman–Crippen LogP) is 1.62. The zero-order valence-corrected chi connectivity index (χ0v) is 11.7. The molecule has 7 nitrogen and oxygen atoms in total. The summed E-state index contributed by atoms with van der Waals surface area (Å²) in [6.45, 7) is 0. The number of methoxy groups -OCH3 is 1. The molecule has 0 fully saturated rings. The number of hydrogen-bond donors (Lipinski definition) is 2. The topological polar surface area (TPSA) is 84.8 Å². The second-order valence-corrected chi connectivity index (χ2v) is 4.72. The van der Waals surface area contributed by atoms with E-state index in [1.165, 1.54) is 7.11 Å². The van der Waals surface area contributed by atoms with Gasteiger partial charge in [0.2, 0.25) is 0 Å². The normalized spacial score (nSPS) is 12.5. The van der Waals surface area contributed by atoms with E-state index >= 15 is 0 Å². The molecule has 0 spiro atoms. The van der Waals surface area contributed by atoms with Crippen LogP contribution >= 0.6 is 0 Å². The third-order valence-electron chi connectivity index (χ3n) is 3.21. The highest BCUT2D eigenvalue weighted by atomic mass is 16.5. The first-order valence-corrected chi connectivity index (χ1v) is 6.42. The fraction of sp³-hybridized carbons (Fsp3) is 0.214. The summed E-state index contributed by atoms with van der Waals surface area (Å²) in [7, 11) is 3.29. The first kappa shape index (κ1) is 13.3. The highest BCUT2D eigenvalue weighted by molar-refractivity contribution is 5.96. The van der Waals surface area contributed by atoms with Crippen LogP contribution in [0.1, 0.15) is 11.7 Å². The Balaban J connectivity index is 1.80. The Labute approximate surface area is 120 Å². The van der Waals surface area contributed by atoms with Crippen molar-refractivity contribution in [1.82, 2.24) is 20.0 Å². The van der Waals surface area contributed by atoms with Gasteiger partial charge in [0.25, 0.3) is 5.91 Å². The Morgan fingerprint density at radius 1 is 1.43 bits per heavy atom. The van der Waals surface area contributed by atoms with E-state index in [-0.39, 0.29) is 5.91 Å². The van der Waals surface area contributed by atoms with Crippen LogP contribution in [0.5, 0.6) is 0 Å². The van der Waals surface area contributed by atoms with E-state index in [9.17, 15) is 4.79 Å². The van der Waals surface area contributed by atoms with Crippen LogP contribution in [0.2, 0.25) is 0 Å². The molecule has 0 bridgehead atoms. The van der Waals surface area contributed by atoms with Gasteiger partial charge in [0, 0.05) is 37.0 Å². The number of aryl methyl sites for hydroxylation is 1. The van der Waals surface area contributed by atoms with E-state index in [1.807, 2.05) is 18.2 Å². The number of nitrogens with one attached hydrogen (secondary N) is 2. The molecule has 0 aliphatic rings. The highest BCUT2D eigenvalue weighted by Gasteiger charge is 2.21. The van der Waals surface area contributed by atoms with Crippen molar-refractivity contribution in [3.63, 3.8) is 0 Å². The summed E-state index contributed by atoms with van der Waals surface area (Å²) in [5.74, 6) is -0.246. The summed E-state index contributed by atoms with van der Waals surface area (Å²) < 4.78 is 6.90. The van der Waals surface area contributed by atoms with Gasteiger partial charge in [-0.05, 0) is 18.2 Å². The fourth-order valence-electron chi connectivity index (χ4n) is 2.19. The van der Waals surface area contributed by atoms with Crippen molar-refractivity contribution >= 4 is 22.5 Å². The number of anilines is 1. The zero-order chi connectivity index (χ0) is 14.8. The van der Waals surface area contributed by atoms with Crippen molar-refractivity contribution in [1.29, 1.82) is 0 Å². The lowest BCUT2D eigenvalue weighted by Crippen LogP contribution is -2.22. The molecule has 2 heterocycles. The van der Waals surface area contributed by atoms with Crippen molar-refractivity contribution < 1.29 is 9.53 Å². The number of hydrogen-bond acceptors (Lipinski definition) is 4. The smallest absolute Gasteiger partial charge is 0.258 e. The third kappa shape index (κ3) is 2.63. The van der Waals surface area contributed by atoms with E-state index in [0.717, 1.165) is 10.9 Å². The molecule has 1 amide bonds. The molecular formula is C14H15N5O2. The molecule has 0 saturated heterocycles. The van der Waals surface area contributed by atoms with Gasteiger partial charge in [0.15, 0.2) is 6.10 Å². The number of aromatic nitrogens is 4. The maximum atomic E-state index is 12.3. The van der Waals surface area contributed by atoms with Crippen LogP contribution in [-0.2, 0) is 16.6 Å². The van der Waals surface area contributed by atoms with Gasteiger partial charge in [-0.25, -0.2) is 0 Å². The third-order valence-corrected chi connectivity index (χ3v) is 3.21. The van der Waals surface area contributed by atoms with E-state index in [2.05, 4.69) is 20.6 Å². The largest absolute Gasteiger partial charge is 0.367 e. The van der Waals surface area contributed by atoms with E-state index in [1.54, 1.807) is 30.3 Å². The lowest BCUT2D eigenvalue weighted by Gasteiger charge is -2.13. The van der Waals surface area contributed by atoms with Crippen molar-refractivity contribution in [3.05, 3.63) is 42.4 Å². The molecule has 3 rings (SSSR count). The zero-order valence-electron chi connectivity index (χ0n) is 11.7. The van der Waals surface area contributed by atoms with Crippen LogP contribution in [0.3, 0.4) is 0 Å². The number of nitrogens with zero attached hydrogens (tertiary/aromatic N) is 3. The number of rotatable bonds is 4. The van der Waals surface area contributed by atoms with E-state index in [4.69, 9.17) is 4.74 Å². The molecule has 7 heteroatoms.